The van der Waals surface area contributed by atoms with Crippen molar-refractivity contribution in [3.05, 3.63) is 53.2 Å². The number of aromatic hydroxyl groups is 1. The first kappa shape index (κ1) is 16.5. The smallest absolute Gasteiger partial charge is 0.341 e. The summed E-state index contributed by atoms with van der Waals surface area (Å²) in [6.45, 7) is 1.73. The number of phenols is 1. The number of phenolic OH excluding ortho intramolecular Hbond substituents is 1. The van der Waals surface area contributed by atoms with Crippen molar-refractivity contribution in [3.8, 4) is 5.75 Å². The third-order valence-corrected chi connectivity index (χ3v) is 3.93. The molecule has 1 aromatic heterocycles. The van der Waals surface area contributed by atoms with Gasteiger partial charge in [0.2, 0.25) is 5.91 Å². The molecule has 0 atom stereocenters. The summed E-state index contributed by atoms with van der Waals surface area (Å²) < 4.78 is 4.63. The van der Waals surface area contributed by atoms with Crippen LogP contribution in [0.5, 0.6) is 5.75 Å². The van der Waals surface area contributed by atoms with Crippen molar-refractivity contribution in [1.29, 1.82) is 0 Å². The molecule has 1 heterocycles. The third kappa shape index (κ3) is 3.30. The quantitative estimate of drug-likeness (QED) is 0.500. The van der Waals surface area contributed by atoms with Gasteiger partial charge in [-0.05, 0) is 36.2 Å². The molecule has 0 unspecified atom stereocenters. The number of benzene rings is 2. The number of amides is 1. The lowest BCUT2D eigenvalue weighted by molar-refractivity contribution is -0.115. The summed E-state index contributed by atoms with van der Waals surface area (Å²) in [5.41, 5.74) is 2.56. The molecule has 0 aliphatic rings. The first-order chi connectivity index (χ1) is 12.0. The van der Waals surface area contributed by atoms with E-state index in [1.807, 2.05) is 18.2 Å². The van der Waals surface area contributed by atoms with E-state index in [-0.39, 0.29) is 29.3 Å². The SMILES string of the molecule is COC(=O)c1ccc(C)c(NC(=O)Cc2ccc3[nH]ncc3c2)c1O. The van der Waals surface area contributed by atoms with Crippen LogP contribution in [0.1, 0.15) is 21.5 Å². The van der Waals surface area contributed by atoms with Crippen LogP contribution in [0.2, 0.25) is 0 Å². The lowest BCUT2D eigenvalue weighted by Gasteiger charge is -2.13. The van der Waals surface area contributed by atoms with Crippen LogP contribution in [0.25, 0.3) is 10.9 Å². The Kier molecular flexibility index (Phi) is 4.38. The van der Waals surface area contributed by atoms with E-state index in [4.69, 9.17) is 0 Å². The van der Waals surface area contributed by atoms with Crippen LogP contribution in [-0.2, 0) is 16.0 Å². The van der Waals surface area contributed by atoms with E-state index in [1.165, 1.54) is 13.2 Å². The molecule has 3 rings (SSSR count). The Morgan fingerprint density at radius 2 is 2.08 bits per heavy atom. The van der Waals surface area contributed by atoms with Crippen molar-refractivity contribution in [2.24, 2.45) is 0 Å². The maximum atomic E-state index is 12.3. The van der Waals surface area contributed by atoms with Gasteiger partial charge in [0.25, 0.3) is 0 Å². The number of hydrogen-bond acceptors (Lipinski definition) is 5. The number of anilines is 1. The second-order valence-corrected chi connectivity index (χ2v) is 5.66. The zero-order valence-electron chi connectivity index (χ0n) is 13.8. The van der Waals surface area contributed by atoms with Gasteiger partial charge in [0.15, 0.2) is 5.75 Å². The average Bonchev–Trinajstić information content (AvgIpc) is 3.05. The topological polar surface area (TPSA) is 104 Å². The summed E-state index contributed by atoms with van der Waals surface area (Å²) in [6.07, 6.45) is 1.81. The Labute approximate surface area is 143 Å². The Hall–Kier alpha value is -3.35. The molecule has 3 N–H and O–H groups in total. The van der Waals surface area contributed by atoms with Crippen LogP contribution in [-0.4, -0.2) is 34.3 Å². The molecule has 25 heavy (non-hydrogen) atoms. The van der Waals surface area contributed by atoms with Crippen molar-refractivity contribution in [2.45, 2.75) is 13.3 Å². The number of carbonyl (C=O) groups is 2. The maximum absolute atomic E-state index is 12.3. The number of nitrogens with zero attached hydrogens (tertiary/aromatic N) is 1. The minimum absolute atomic E-state index is 0.00298. The molecule has 2 aromatic carbocycles. The van der Waals surface area contributed by atoms with E-state index in [0.717, 1.165) is 16.5 Å². The molecule has 0 aliphatic carbocycles. The number of H-pyrrole nitrogens is 1. The molecule has 0 saturated carbocycles. The van der Waals surface area contributed by atoms with Gasteiger partial charge in [-0.25, -0.2) is 4.79 Å². The molecule has 7 heteroatoms. The molecule has 0 radical (unpaired) electrons. The summed E-state index contributed by atoms with van der Waals surface area (Å²) in [5, 5.41) is 20.6. The van der Waals surface area contributed by atoms with Crippen LogP contribution >= 0.6 is 0 Å². The number of esters is 1. The molecular weight excluding hydrogens is 322 g/mol. The highest BCUT2D eigenvalue weighted by Gasteiger charge is 2.18. The van der Waals surface area contributed by atoms with Crippen molar-refractivity contribution in [3.63, 3.8) is 0 Å². The molecule has 1 amide bonds. The predicted molar refractivity (Wildman–Crippen MR) is 92.6 cm³/mol. The number of rotatable bonds is 4. The van der Waals surface area contributed by atoms with Gasteiger partial charge in [-0.2, -0.15) is 5.10 Å². The molecule has 0 fully saturated rings. The van der Waals surface area contributed by atoms with E-state index >= 15 is 0 Å². The Bertz CT molecular complexity index is 962. The van der Waals surface area contributed by atoms with Gasteiger partial charge in [0, 0.05) is 5.39 Å². The Morgan fingerprint density at radius 1 is 1.28 bits per heavy atom. The van der Waals surface area contributed by atoms with Gasteiger partial charge in [0.05, 0.1) is 30.9 Å². The fourth-order valence-electron chi connectivity index (χ4n) is 2.60. The number of nitrogens with one attached hydrogen (secondary N) is 2. The van der Waals surface area contributed by atoms with Gasteiger partial charge in [-0.1, -0.05) is 12.1 Å². The van der Waals surface area contributed by atoms with E-state index in [9.17, 15) is 14.7 Å². The molecular formula is C18H17N3O4. The van der Waals surface area contributed by atoms with Gasteiger partial charge in [0.1, 0.15) is 5.56 Å². The first-order valence-corrected chi connectivity index (χ1v) is 7.62. The second-order valence-electron chi connectivity index (χ2n) is 5.66. The molecule has 7 nitrogen and oxygen atoms in total. The summed E-state index contributed by atoms with van der Waals surface area (Å²) >= 11 is 0. The van der Waals surface area contributed by atoms with E-state index in [2.05, 4.69) is 20.3 Å². The van der Waals surface area contributed by atoms with Crippen molar-refractivity contribution < 1.29 is 19.4 Å². The van der Waals surface area contributed by atoms with E-state index in [1.54, 1.807) is 19.2 Å². The minimum atomic E-state index is -0.668. The normalized spacial score (nSPS) is 10.6. The molecule has 0 saturated heterocycles. The van der Waals surface area contributed by atoms with E-state index in [0.29, 0.717) is 5.56 Å². The number of fused-ring (bicyclic) bond motifs is 1. The summed E-state index contributed by atoms with van der Waals surface area (Å²) in [5.74, 6) is -1.27. The molecule has 0 bridgehead atoms. The molecule has 0 aliphatic heterocycles. The highest BCUT2D eigenvalue weighted by Crippen LogP contribution is 2.31. The predicted octanol–water partition coefficient (Wildman–Crippen LogP) is 2.54. The summed E-state index contributed by atoms with van der Waals surface area (Å²) in [4.78, 5) is 24.0. The van der Waals surface area contributed by atoms with Crippen LogP contribution in [0.3, 0.4) is 0 Å². The van der Waals surface area contributed by atoms with Crippen molar-refractivity contribution in [1.82, 2.24) is 10.2 Å². The highest BCUT2D eigenvalue weighted by molar-refractivity contribution is 6.00. The zero-order valence-corrected chi connectivity index (χ0v) is 13.8. The Morgan fingerprint density at radius 3 is 2.84 bits per heavy atom. The first-order valence-electron chi connectivity index (χ1n) is 7.62. The highest BCUT2D eigenvalue weighted by atomic mass is 16.5. The number of methoxy groups -OCH3 is 1. The second kappa shape index (κ2) is 6.64. The number of aromatic amines is 1. The Balaban J connectivity index is 1.81. The molecule has 128 valence electrons. The number of ether oxygens (including phenoxy) is 1. The number of aryl methyl sites for hydroxylation is 1. The number of hydrogen-bond donors (Lipinski definition) is 3. The summed E-state index contributed by atoms with van der Waals surface area (Å²) in [7, 11) is 1.23. The van der Waals surface area contributed by atoms with Gasteiger partial charge >= 0.3 is 5.97 Å². The monoisotopic (exact) mass is 339 g/mol. The van der Waals surface area contributed by atoms with Crippen LogP contribution in [0, 0.1) is 6.92 Å². The zero-order chi connectivity index (χ0) is 18.0. The average molecular weight is 339 g/mol. The van der Waals surface area contributed by atoms with Crippen molar-refractivity contribution in [2.75, 3.05) is 12.4 Å². The fraction of sp³-hybridized carbons (Fsp3) is 0.167. The maximum Gasteiger partial charge on any atom is 0.341 e. The lowest BCUT2D eigenvalue weighted by Crippen LogP contribution is -2.16. The van der Waals surface area contributed by atoms with E-state index < -0.39 is 5.97 Å². The van der Waals surface area contributed by atoms with Crippen LogP contribution in [0.15, 0.2) is 36.5 Å². The van der Waals surface area contributed by atoms with Crippen molar-refractivity contribution >= 4 is 28.5 Å². The number of aromatic nitrogens is 2. The van der Waals surface area contributed by atoms with Gasteiger partial charge < -0.3 is 15.2 Å². The lowest BCUT2D eigenvalue weighted by atomic mass is 10.1. The van der Waals surface area contributed by atoms with Crippen LogP contribution in [0.4, 0.5) is 5.69 Å². The van der Waals surface area contributed by atoms with Gasteiger partial charge in [-0.3, -0.25) is 9.89 Å². The minimum Gasteiger partial charge on any atom is -0.505 e. The largest absolute Gasteiger partial charge is 0.505 e. The van der Waals surface area contributed by atoms with Crippen LogP contribution < -0.4 is 5.32 Å². The standard InChI is InChI=1S/C18H17N3O4/c1-10-3-5-13(18(24)25-2)17(23)16(10)20-15(22)8-11-4-6-14-12(7-11)9-19-21-14/h3-7,9,23H,8H2,1-2H3,(H,19,21)(H,20,22). The fourth-order valence-corrected chi connectivity index (χ4v) is 2.60. The number of carbonyl (C=O) groups excluding carboxylic acids is 2. The molecule has 3 aromatic rings. The summed E-state index contributed by atoms with van der Waals surface area (Å²) in [6, 6.07) is 8.65. The van der Waals surface area contributed by atoms with Gasteiger partial charge in [-0.15, -0.1) is 0 Å². The third-order valence-electron chi connectivity index (χ3n) is 3.93. The molecule has 0 spiro atoms.